The average Bonchev–Trinajstić information content (AvgIpc) is 2.86. The van der Waals surface area contributed by atoms with Gasteiger partial charge in [-0.15, -0.1) is 0 Å². The molecule has 0 aromatic carbocycles. The van der Waals surface area contributed by atoms with Crippen molar-refractivity contribution in [1.82, 2.24) is 15.0 Å². The monoisotopic (exact) mass is 211 g/mol. The van der Waals surface area contributed by atoms with Crippen molar-refractivity contribution in [2.24, 2.45) is 0 Å². The summed E-state index contributed by atoms with van der Waals surface area (Å²) in [7, 11) is 0. The van der Waals surface area contributed by atoms with Crippen LogP contribution in [0, 0.1) is 0 Å². The highest BCUT2D eigenvalue weighted by atomic mass is 16.5. The molecule has 2 rings (SSSR count). The molecule has 1 N–H and O–H groups in total. The SMILES string of the molecule is CC(O)c1noc(CCN2CCCC2)n1. The first-order valence-corrected chi connectivity index (χ1v) is 5.48. The fourth-order valence-electron chi connectivity index (χ4n) is 1.80. The summed E-state index contributed by atoms with van der Waals surface area (Å²) >= 11 is 0. The second-order valence-corrected chi connectivity index (χ2v) is 4.02. The number of hydrogen-bond acceptors (Lipinski definition) is 5. The Bertz CT molecular complexity index is 305. The van der Waals surface area contributed by atoms with Crippen LogP contribution in [0.3, 0.4) is 0 Å². The Hall–Kier alpha value is -0.940. The molecule has 1 aromatic heterocycles. The normalized spacial score (nSPS) is 19.6. The van der Waals surface area contributed by atoms with Gasteiger partial charge in [0.1, 0.15) is 6.10 Å². The minimum atomic E-state index is -0.644. The predicted molar refractivity (Wildman–Crippen MR) is 54.3 cm³/mol. The topological polar surface area (TPSA) is 62.4 Å². The quantitative estimate of drug-likeness (QED) is 0.796. The predicted octanol–water partition coefficient (Wildman–Crippen LogP) is 0.761. The lowest BCUT2D eigenvalue weighted by molar-refractivity contribution is 0.184. The Labute approximate surface area is 89.1 Å². The maximum atomic E-state index is 9.22. The molecule has 15 heavy (non-hydrogen) atoms. The summed E-state index contributed by atoms with van der Waals surface area (Å²) in [6, 6.07) is 0. The molecule has 1 atom stereocenters. The lowest BCUT2D eigenvalue weighted by Gasteiger charge is -2.11. The molecule has 1 aliphatic rings. The first kappa shape index (κ1) is 10.6. The van der Waals surface area contributed by atoms with Gasteiger partial charge in [0.25, 0.3) is 0 Å². The molecule has 1 aromatic rings. The van der Waals surface area contributed by atoms with E-state index in [4.69, 9.17) is 4.52 Å². The van der Waals surface area contributed by atoms with Crippen molar-refractivity contribution in [2.45, 2.75) is 32.3 Å². The van der Waals surface area contributed by atoms with E-state index in [1.165, 1.54) is 25.9 Å². The Morgan fingerprint density at radius 2 is 2.20 bits per heavy atom. The number of aliphatic hydroxyl groups is 1. The van der Waals surface area contributed by atoms with E-state index in [1.807, 2.05) is 0 Å². The Balaban J connectivity index is 1.82. The summed E-state index contributed by atoms with van der Waals surface area (Å²) in [4.78, 5) is 6.51. The Kier molecular flexibility index (Phi) is 3.33. The second-order valence-electron chi connectivity index (χ2n) is 4.02. The minimum absolute atomic E-state index is 0.381. The fourth-order valence-corrected chi connectivity index (χ4v) is 1.80. The van der Waals surface area contributed by atoms with Gasteiger partial charge in [-0.25, -0.2) is 0 Å². The highest BCUT2D eigenvalue weighted by Gasteiger charge is 2.14. The molecule has 0 amide bonds. The van der Waals surface area contributed by atoms with Gasteiger partial charge in [-0.2, -0.15) is 4.98 Å². The van der Waals surface area contributed by atoms with E-state index < -0.39 is 6.10 Å². The molecular weight excluding hydrogens is 194 g/mol. The van der Waals surface area contributed by atoms with Gasteiger partial charge in [0.05, 0.1) is 0 Å². The van der Waals surface area contributed by atoms with Gasteiger partial charge in [0.2, 0.25) is 5.89 Å². The zero-order valence-corrected chi connectivity index (χ0v) is 9.02. The van der Waals surface area contributed by atoms with Crippen molar-refractivity contribution in [2.75, 3.05) is 19.6 Å². The highest BCUT2D eigenvalue weighted by Crippen LogP contribution is 2.10. The maximum absolute atomic E-state index is 9.22. The van der Waals surface area contributed by atoms with Crippen LogP contribution in [0.5, 0.6) is 0 Å². The average molecular weight is 211 g/mol. The molecule has 2 heterocycles. The van der Waals surface area contributed by atoms with Crippen molar-refractivity contribution < 1.29 is 9.63 Å². The molecule has 5 heteroatoms. The number of aromatic nitrogens is 2. The van der Waals surface area contributed by atoms with E-state index in [1.54, 1.807) is 6.92 Å². The smallest absolute Gasteiger partial charge is 0.228 e. The molecule has 0 saturated carbocycles. The van der Waals surface area contributed by atoms with Crippen LogP contribution in [-0.2, 0) is 6.42 Å². The summed E-state index contributed by atoms with van der Waals surface area (Å²) in [5.41, 5.74) is 0. The van der Waals surface area contributed by atoms with E-state index in [0.29, 0.717) is 11.7 Å². The van der Waals surface area contributed by atoms with E-state index >= 15 is 0 Å². The molecule has 0 radical (unpaired) electrons. The molecule has 5 nitrogen and oxygen atoms in total. The summed E-state index contributed by atoms with van der Waals surface area (Å²) in [5, 5.41) is 12.9. The maximum Gasteiger partial charge on any atom is 0.228 e. The number of rotatable bonds is 4. The minimum Gasteiger partial charge on any atom is -0.385 e. The van der Waals surface area contributed by atoms with Crippen molar-refractivity contribution >= 4 is 0 Å². The first-order valence-electron chi connectivity index (χ1n) is 5.48. The second kappa shape index (κ2) is 4.72. The van der Waals surface area contributed by atoms with Crippen molar-refractivity contribution in [3.8, 4) is 0 Å². The molecular formula is C10H17N3O2. The molecule has 0 bridgehead atoms. The lowest BCUT2D eigenvalue weighted by atomic mass is 10.3. The summed E-state index contributed by atoms with van der Waals surface area (Å²) in [6.45, 7) is 4.96. The van der Waals surface area contributed by atoms with Gasteiger partial charge in [0, 0.05) is 13.0 Å². The van der Waals surface area contributed by atoms with Crippen LogP contribution >= 0.6 is 0 Å². The molecule has 0 spiro atoms. The van der Waals surface area contributed by atoms with Gasteiger partial charge < -0.3 is 14.5 Å². The summed E-state index contributed by atoms with van der Waals surface area (Å²) in [6.07, 6.45) is 2.72. The van der Waals surface area contributed by atoms with Crippen LogP contribution in [0.15, 0.2) is 4.52 Å². The molecule has 0 aliphatic carbocycles. The molecule has 1 fully saturated rings. The van der Waals surface area contributed by atoms with Crippen LogP contribution in [0.4, 0.5) is 0 Å². The van der Waals surface area contributed by atoms with Gasteiger partial charge in [-0.05, 0) is 32.9 Å². The first-order chi connectivity index (χ1) is 7.25. The van der Waals surface area contributed by atoms with E-state index in [2.05, 4.69) is 15.0 Å². The lowest BCUT2D eigenvalue weighted by Crippen LogP contribution is -2.22. The zero-order chi connectivity index (χ0) is 10.7. The number of aliphatic hydroxyl groups excluding tert-OH is 1. The Morgan fingerprint density at radius 1 is 1.47 bits per heavy atom. The van der Waals surface area contributed by atoms with Crippen LogP contribution in [0.25, 0.3) is 0 Å². The number of likely N-dealkylation sites (tertiary alicyclic amines) is 1. The largest absolute Gasteiger partial charge is 0.385 e. The van der Waals surface area contributed by atoms with Gasteiger partial charge in [-0.3, -0.25) is 0 Å². The Morgan fingerprint density at radius 3 is 2.80 bits per heavy atom. The number of hydrogen-bond donors (Lipinski definition) is 1. The van der Waals surface area contributed by atoms with Crippen LogP contribution < -0.4 is 0 Å². The van der Waals surface area contributed by atoms with E-state index in [9.17, 15) is 5.11 Å². The standard InChI is InChI=1S/C10H17N3O2/c1-8(14)10-11-9(15-12-10)4-7-13-5-2-3-6-13/h8,14H,2-7H2,1H3. The van der Waals surface area contributed by atoms with Crippen LogP contribution in [0.2, 0.25) is 0 Å². The molecule has 1 aliphatic heterocycles. The fraction of sp³-hybridized carbons (Fsp3) is 0.800. The summed E-state index contributed by atoms with van der Waals surface area (Å²) < 4.78 is 5.04. The van der Waals surface area contributed by atoms with Crippen molar-refractivity contribution in [3.63, 3.8) is 0 Å². The van der Waals surface area contributed by atoms with E-state index in [0.717, 1.165) is 13.0 Å². The third-order valence-corrected chi connectivity index (χ3v) is 2.70. The molecule has 1 saturated heterocycles. The van der Waals surface area contributed by atoms with Crippen molar-refractivity contribution in [1.29, 1.82) is 0 Å². The highest BCUT2D eigenvalue weighted by molar-refractivity contribution is 4.89. The zero-order valence-electron chi connectivity index (χ0n) is 9.02. The van der Waals surface area contributed by atoms with Crippen LogP contribution in [0.1, 0.15) is 37.6 Å². The van der Waals surface area contributed by atoms with Crippen LogP contribution in [-0.4, -0.2) is 39.8 Å². The van der Waals surface area contributed by atoms with Gasteiger partial charge >= 0.3 is 0 Å². The summed E-state index contributed by atoms with van der Waals surface area (Å²) in [5.74, 6) is 1.00. The molecule has 84 valence electrons. The van der Waals surface area contributed by atoms with E-state index in [-0.39, 0.29) is 0 Å². The third-order valence-electron chi connectivity index (χ3n) is 2.70. The van der Waals surface area contributed by atoms with Crippen molar-refractivity contribution in [3.05, 3.63) is 11.7 Å². The number of nitrogens with zero attached hydrogens (tertiary/aromatic N) is 3. The third kappa shape index (κ3) is 2.76. The van der Waals surface area contributed by atoms with Gasteiger partial charge in [-0.1, -0.05) is 5.16 Å². The molecule has 1 unspecified atom stereocenters. The van der Waals surface area contributed by atoms with Gasteiger partial charge in [0.15, 0.2) is 5.82 Å².